The Balaban J connectivity index is 2.53. The van der Waals surface area contributed by atoms with E-state index in [-0.39, 0.29) is 11.6 Å². The molecule has 0 aliphatic heterocycles. The molecule has 1 amide bonds. The second-order valence-corrected chi connectivity index (χ2v) is 4.23. The van der Waals surface area contributed by atoms with Gasteiger partial charge in [0, 0.05) is 18.0 Å². The summed E-state index contributed by atoms with van der Waals surface area (Å²) in [5.74, 6) is -0.591. The lowest BCUT2D eigenvalue weighted by Crippen LogP contribution is -2.07. The number of benzene rings is 1. The molecule has 19 heavy (non-hydrogen) atoms. The van der Waals surface area contributed by atoms with Crippen LogP contribution in [-0.4, -0.2) is 24.0 Å². The number of aromatic nitrogens is 1. The Morgan fingerprint density at radius 2 is 2.00 bits per heavy atom. The lowest BCUT2D eigenvalue weighted by atomic mass is 10.1. The van der Waals surface area contributed by atoms with Crippen LogP contribution in [0.25, 0.3) is 10.9 Å². The lowest BCUT2D eigenvalue weighted by molar-refractivity contribution is -0.114. The molecule has 1 aromatic carbocycles. The number of carbonyl (C=O) groups is 2. The molecule has 0 atom stereocenters. The van der Waals surface area contributed by atoms with Gasteiger partial charge in [-0.25, -0.2) is 9.78 Å². The fourth-order valence-corrected chi connectivity index (χ4v) is 1.88. The highest BCUT2D eigenvalue weighted by Crippen LogP contribution is 2.22. The molecule has 0 bridgehead atoms. The number of pyridine rings is 1. The van der Waals surface area contributed by atoms with Gasteiger partial charge in [-0.2, -0.15) is 0 Å². The molecular weight excluding hydrogens is 244 g/mol. The summed E-state index contributed by atoms with van der Waals surface area (Å²) >= 11 is 0. The van der Waals surface area contributed by atoms with Gasteiger partial charge < -0.3 is 10.1 Å². The molecular formula is C14H14N2O3. The lowest BCUT2D eigenvalue weighted by Gasteiger charge is -2.08. The molecule has 0 fully saturated rings. The summed E-state index contributed by atoms with van der Waals surface area (Å²) in [5.41, 5.74) is 2.57. The van der Waals surface area contributed by atoms with E-state index >= 15 is 0 Å². The van der Waals surface area contributed by atoms with Crippen LogP contribution < -0.4 is 5.32 Å². The molecule has 2 rings (SSSR count). The second-order valence-electron chi connectivity index (χ2n) is 4.23. The summed E-state index contributed by atoms with van der Waals surface area (Å²) in [6.45, 7) is 3.34. The summed E-state index contributed by atoms with van der Waals surface area (Å²) in [7, 11) is 1.32. The minimum atomic E-state index is -0.462. The third-order valence-corrected chi connectivity index (χ3v) is 2.73. The smallest absolute Gasteiger partial charge is 0.356 e. The fraction of sp³-hybridized carbons (Fsp3) is 0.214. The number of aryl methyl sites for hydroxylation is 1. The molecule has 0 unspecified atom stereocenters. The van der Waals surface area contributed by atoms with Crippen molar-refractivity contribution in [1.29, 1.82) is 0 Å². The van der Waals surface area contributed by atoms with Gasteiger partial charge >= 0.3 is 5.97 Å². The molecule has 1 heterocycles. The summed E-state index contributed by atoms with van der Waals surface area (Å²) in [5, 5.41) is 3.60. The number of nitrogens with zero attached hydrogens (tertiary/aromatic N) is 1. The van der Waals surface area contributed by atoms with Gasteiger partial charge in [0.25, 0.3) is 0 Å². The van der Waals surface area contributed by atoms with Crippen molar-refractivity contribution < 1.29 is 14.3 Å². The first-order chi connectivity index (χ1) is 9.01. The Labute approximate surface area is 110 Å². The first kappa shape index (κ1) is 13.0. The number of carbonyl (C=O) groups excluding carboxylic acids is 2. The molecule has 2 aromatic rings. The van der Waals surface area contributed by atoms with Crippen molar-refractivity contribution in [2.24, 2.45) is 0 Å². The number of fused-ring (bicyclic) bond motifs is 1. The molecule has 0 aliphatic carbocycles. The molecule has 5 heteroatoms. The van der Waals surface area contributed by atoms with Gasteiger partial charge in [-0.05, 0) is 36.8 Å². The van der Waals surface area contributed by atoms with E-state index < -0.39 is 5.97 Å². The molecule has 1 aromatic heterocycles. The molecule has 1 N–H and O–H groups in total. The highest BCUT2D eigenvalue weighted by molar-refractivity contribution is 5.95. The maximum Gasteiger partial charge on any atom is 0.356 e. The van der Waals surface area contributed by atoms with Gasteiger partial charge in [-0.1, -0.05) is 0 Å². The van der Waals surface area contributed by atoms with Crippen molar-refractivity contribution in [3.05, 3.63) is 35.5 Å². The molecule has 0 spiro atoms. The summed E-state index contributed by atoms with van der Waals surface area (Å²) in [4.78, 5) is 26.7. The van der Waals surface area contributed by atoms with Crippen LogP contribution in [-0.2, 0) is 9.53 Å². The molecule has 5 nitrogen and oxygen atoms in total. The Bertz CT molecular complexity index is 665. The maximum atomic E-state index is 11.5. The maximum absolute atomic E-state index is 11.5. The number of amides is 1. The molecule has 0 saturated carbocycles. The zero-order valence-electron chi connectivity index (χ0n) is 11.0. The largest absolute Gasteiger partial charge is 0.464 e. The number of anilines is 1. The van der Waals surface area contributed by atoms with Crippen LogP contribution in [0.2, 0.25) is 0 Å². The summed E-state index contributed by atoms with van der Waals surface area (Å²) in [6, 6.07) is 7.02. The minimum absolute atomic E-state index is 0.129. The molecule has 0 saturated heterocycles. The average Bonchev–Trinajstić information content (AvgIpc) is 2.37. The number of ether oxygens (including phenoxy) is 1. The van der Waals surface area contributed by atoms with Crippen molar-refractivity contribution in [2.75, 3.05) is 12.4 Å². The van der Waals surface area contributed by atoms with Crippen LogP contribution in [0.1, 0.15) is 23.0 Å². The zero-order chi connectivity index (χ0) is 14.0. The van der Waals surface area contributed by atoms with Crippen molar-refractivity contribution in [2.45, 2.75) is 13.8 Å². The number of methoxy groups -OCH3 is 1. The Kier molecular flexibility index (Phi) is 3.46. The van der Waals surface area contributed by atoms with Gasteiger partial charge in [0.2, 0.25) is 5.91 Å². The third kappa shape index (κ3) is 2.70. The molecule has 0 aliphatic rings. The third-order valence-electron chi connectivity index (χ3n) is 2.73. The SMILES string of the molecule is COC(=O)c1cc(C)c2cc(NC(C)=O)ccc2n1. The van der Waals surface area contributed by atoms with E-state index in [1.807, 2.05) is 13.0 Å². The van der Waals surface area contributed by atoms with Crippen LogP contribution in [0.5, 0.6) is 0 Å². The van der Waals surface area contributed by atoms with Gasteiger partial charge in [0.1, 0.15) is 5.69 Å². The van der Waals surface area contributed by atoms with Gasteiger partial charge in [0.15, 0.2) is 0 Å². The van der Waals surface area contributed by atoms with Gasteiger partial charge in [-0.3, -0.25) is 4.79 Å². The van der Waals surface area contributed by atoms with Gasteiger partial charge in [-0.15, -0.1) is 0 Å². The topological polar surface area (TPSA) is 68.3 Å². The van der Waals surface area contributed by atoms with E-state index in [0.717, 1.165) is 10.9 Å². The van der Waals surface area contributed by atoms with Gasteiger partial charge in [0.05, 0.1) is 12.6 Å². The first-order valence-corrected chi connectivity index (χ1v) is 5.78. The predicted octanol–water partition coefficient (Wildman–Crippen LogP) is 2.29. The number of hydrogen-bond donors (Lipinski definition) is 1. The monoisotopic (exact) mass is 258 g/mol. The zero-order valence-corrected chi connectivity index (χ0v) is 11.0. The first-order valence-electron chi connectivity index (χ1n) is 5.78. The van der Waals surface area contributed by atoms with Crippen molar-refractivity contribution >= 4 is 28.5 Å². The standard InChI is InChI=1S/C14H14N2O3/c1-8-6-13(14(18)19-3)16-12-5-4-10(7-11(8)12)15-9(2)17/h4-7H,1-3H3,(H,15,17). The van der Waals surface area contributed by atoms with Crippen LogP contribution >= 0.6 is 0 Å². The number of esters is 1. The number of hydrogen-bond acceptors (Lipinski definition) is 4. The van der Waals surface area contributed by atoms with Crippen LogP contribution in [0.4, 0.5) is 5.69 Å². The van der Waals surface area contributed by atoms with E-state index in [9.17, 15) is 9.59 Å². The quantitative estimate of drug-likeness (QED) is 0.839. The highest BCUT2D eigenvalue weighted by Gasteiger charge is 2.10. The Hall–Kier alpha value is -2.43. The van der Waals surface area contributed by atoms with Crippen molar-refractivity contribution in [3.63, 3.8) is 0 Å². The molecule has 0 radical (unpaired) electrons. The molecule has 98 valence electrons. The number of rotatable bonds is 2. The van der Waals surface area contributed by atoms with E-state index in [0.29, 0.717) is 11.2 Å². The Morgan fingerprint density at radius 3 is 2.63 bits per heavy atom. The minimum Gasteiger partial charge on any atom is -0.464 e. The predicted molar refractivity (Wildman–Crippen MR) is 72.1 cm³/mol. The van der Waals surface area contributed by atoms with E-state index in [2.05, 4.69) is 15.0 Å². The average molecular weight is 258 g/mol. The van der Waals surface area contributed by atoms with Crippen LogP contribution in [0.3, 0.4) is 0 Å². The van der Waals surface area contributed by atoms with E-state index in [1.54, 1.807) is 18.2 Å². The second kappa shape index (κ2) is 5.06. The van der Waals surface area contributed by atoms with Crippen LogP contribution in [0.15, 0.2) is 24.3 Å². The fourth-order valence-electron chi connectivity index (χ4n) is 1.88. The van der Waals surface area contributed by atoms with Crippen LogP contribution in [0, 0.1) is 6.92 Å². The van der Waals surface area contributed by atoms with E-state index in [1.165, 1.54) is 14.0 Å². The summed E-state index contributed by atoms with van der Waals surface area (Å²) < 4.78 is 4.66. The number of nitrogens with one attached hydrogen (secondary N) is 1. The summed E-state index contributed by atoms with van der Waals surface area (Å²) in [6.07, 6.45) is 0. The normalized spacial score (nSPS) is 10.3. The van der Waals surface area contributed by atoms with E-state index in [4.69, 9.17) is 0 Å². The Morgan fingerprint density at radius 1 is 1.26 bits per heavy atom. The van der Waals surface area contributed by atoms with Crippen molar-refractivity contribution in [3.8, 4) is 0 Å². The highest BCUT2D eigenvalue weighted by atomic mass is 16.5. The van der Waals surface area contributed by atoms with Crippen molar-refractivity contribution in [1.82, 2.24) is 4.98 Å².